The average molecular weight is 453 g/mol. The number of hydrogen-bond acceptors (Lipinski definition) is 2. The SMILES string of the molecule is Cc1[n-]c(C)c(C)c1C.Cc1[n-]c(C)c(C)c1C.[CH2-]C(C)(O)CC(C)O.[Zr+3]. The second-order valence-corrected chi connectivity index (χ2v) is 7.62. The quantitative estimate of drug-likeness (QED) is 0.673. The zero-order valence-corrected chi connectivity index (χ0v) is 21.2. The van der Waals surface area contributed by atoms with E-state index < -0.39 is 11.7 Å². The Hall–Kier alpha value is -0.637. The van der Waals surface area contributed by atoms with Gasteiger partial charge in [-0.3, -0.25) is 0 Å². The second kappa shape index (κ2) is 12.0. The molecule has 2 atom stereocenters. The van der Waals surface area contributed by atoms with Crippen LogP contribution in [0.2, 0.25) is 0 Å². The van der Waals surface area contributed by atoms with Gasteiger partial charge in [-0.1, -0.05) is 62.5 Å². The van der Waals surface area contributed by atoms with Crippen LogP contribution in [-0.4, -0.2) is 21.9 Å². The van der Waals surface area contributed by atoms with Gasteiger partial charge in [-0.05, 0) is 41.0 Å². The Morgan fingerprint density at radius 1 is 0.778 bits per heavy atom. The minimum atomic E-state index is -0.978. The third kappa shape index (κ3) is 10.5. The summed E-state index contributed by atoms with van der Waals surface area (Å²) in [5.41, 5.74) is 9.07. The van der Waals surface area contributed by atoms with Gasteiger partial charge in [0.1, 0.15) is 0 Å². The maximum absolute atomic E-state index is 8.92. The van der Waals surface area contributed by atoms with Crippen molar-refractivity contribution in [3.05, 3.63) is 52.0 Å². The molecule has 0 spiro atoms. The van der Waals surface area contributed by atoms with Gasteiger partial charge in [-0.15, -0.1) is 0 Å². The van der Waals surface area contributed by atoms with E-state index in [2.05, 4.69) is 72.3 Å². The van der Waals surface area contributed by atoms with E-state index >= 15 is 0 Å². The van der Waals surface area contributed by atoms with E-state index in [1.807, 2.05) is 0 Å². The maximum atomic E-state index is 8.92. The summed E-state index contributed by atoms with van der Waals surface area (Å²) in [5.74, 6) is 0. The van der Waals surface area contributed by atoms with Crippen molar-refractivity contribution < 1.29 is 36.4 Å². The van der Waals surface area contributed by atoms with Gasteiger partial charge < -0.3 is 27.1 Å². The fourth-order valence-electron chi connectivity index (χ4n) is 2.56. The molecule has 0 aromatic carbocycles. The Bertz CT molecular complexity index is 597. The van der Waals surface area contributed by atoms with Crippen molar-refractivity contribution in [3.8, 4) is 0 Å². The van der Waals surface area contributed by atoms with Crippen molar-refractivity contribution in [3.63, 3.8) is 0 Å². The van der Waals surface area contributed by atoms with Crippen LogP contribution in [0.1, 0.15) is 65.3 Å². The van der Waals surface area contributed by atoms with E-state index in [1.54, 1.807) is 13.8 Å². The van der Waals surface area contributed by atoms with E-state index in [4.69, 9.17) is 10.2 Å². The molecule has 4 nitrogen and oxygen atoms in total. The summed E-state index contributed by atoms with van der Waals surface area (Å²) in [4.78, 5) is 8.62. The normalized spacial score (nSPS) is 13.4. The van der Waals surface area contributed by atoms with Gasteiger partial charge in [0, 0.05) is 0 Å². The zero-order valence-electron chi connectivity index (χ0n) is 18.8. The minimum absolute atomic E-state index is 0. The van der Waals surface area contributed by atoms with Crippen LogP contribution in [0.4, 0.5) is 0 Å². The van der Waals surface area contributed by atoms with Crippen LogP contribution in [0.25, 0.3) is 0 Å². The molecule has 2 N–H and O–H groups in total. The molecule has 0 aliphatic heterocycles. The Morgan fingerprint density at radius 2 is 1.00 bits per heavy atom. The van der Waals surface area contributed by atoms with Gasteiger partial charge in [0.15, 0.2) is 0 Å². The fourth-order valence-corrected chi connectivity index (χ4v) is 2.56. The van der Waals surface area contributed by atoms with Crippen LogP contribution >= 0.6 is 0 Å². The third-order valence-corrected chi connectivity index (χ3v) is 4.70. The van der Waals surface area contributed by atoms with E-state index in [1.165, 1.54) is 45.0 Å². The number of nitrogens with zero attached hydrogens (tertiary/aromatic N) is 2. The summed E-state index contributed by atoms with van der Waals surface area (Å²) in [6.07, 6.45) is -0.144. The number of hydrogen-bond donors (Lipinski definition) is 2. The van der Waals surface area contributed by atoms with Crippen LogP contribution < -0.4 is 9.97 Å². The number of aliphatic hydroxyl groups excluding tert-OH is 1. The molecule has 0 aliphatic rings. The monoisotopic (exact) mass is 451 g/mol. The fraction of sp³-hybridized carbons (Fsp3) is 0.591. The van der Waals surface area contributed by atoms with Crippen molar-refractivity contribution in [1.82, 2.24) is 9.97 Å². The summed E-state index contributed by atoms with van der Waals surface area (Å²) in [6, 6.07) is 0. The molecule has 0 saturated heterocycles. The Labute approximate surface area is 185 Å². The molecule has 2 aromatic rings. The van der Waals surface area contributed by atoms with Gasteiger partial charge in [-0.25, -0.2) is 0 Å². The first-order chi connectivity index (χ1) is 11.7. The molecular weight excluding hydrogens is 415 g/mol. The first kappa shape index (κ1) is 28.6. The Kier molecular flexibility index (Phi) is 12.7. The summed E-state index contributed by atoms with van der Waals surface area (Å²) in [6.45, 7) is 23.3. The van der Waals surface area contributed by atoms with E-state index in [-0.39, 0.29) is 26.2 Å². The maximum Gasteiger partial charge on any atom is 3.00 e. The molecule has 1 radical (unpaired) electrons. The minimum Gasteiger partial charge on any atom is -0.665 e. The predicted octanol–water partition coefficient (Wildman–Crippen LogP) is 4.09. The molecule has 0 bridgehead atoms. The molecule has 2 unspecified atom stereocenters. The molecule has 0 fully saturated rings. The Morgan fingerprint density at radius 3 is 1.04 bits per heavy atom. The summed E-state index contributed by atoms with van der Waals surface area (Å²) >= 11 is 0. The molecule has 0 amide bonds. The van der Waals surface area contributed by atoms with Crippen molar-refractivity contribution in [2.45, 2.75) is 87.4 Å². The molecule has 2 rings (SSSR count). The Balaban J connectivity index is 0. The van der Waals surface area contributed by atoms with Crippen molar-refractivity contribution in [2.75, 3.05) is 0 Å². The smallest absolute Gasteiger partial charge is 0.665 e. The first-order valence-electron chi connectivity index (χ1n) is 9.07. The molecule has 2 heterocycles. The zero-order chi connectivity index (χ0) is 20.8. The molecular formula is C22H37N2O2Zr. The van der Waals surface area contributed by atoms with Gasteiger partial charge in [0.05, 0.1) is 6.10 Å². The van der Waals surface area contributed by atoms with Gasteiger partial charge in [0.25, 0.3) is 0 Å². The average Bonchev–Trinajstić information content (AvgIpc) is 2.82. The van der Waals surface area contributed by atoms with Crippen molar-refractivity contribution >= 4 is 0 Å². The second-order valence-electron chi connectivity index (χ2n) is 7.62. The molecule has 27 heavy (non-hydrogen) atoms. The van der Waals surface area contributed by atoms with Crippen LogP contribution in [0, 0.1) is 62.3 Å². The summed E-state index contributed by atoms with van der Waals surface area (Å²) in [5, 5.41) is 17.6. The summed E-state index contributed by atoms with van der Waals surface area (Å²) < 4.78 is 0. The third-order valence-electron chi connectivity index (χ3n) is 4.70. The number of rotatable bonds is 2. The van der Waals surface area contributed by atoms with Crippen molar-refractivity contribution in [1.29, 1.82) is 0 Å². The van der Waals surface area contributed by atoms with E-state index in [0.29, 0.717) is 6.42 Å². The van der Waals surface area contributed by atoms with Crippen LogP contribution in [0.5, 0.6) is 0 Å². The van der Waals surface area contributed by atoms with E-state index in [0.717, 1.165) is 0 Å². The largest absolute Gasteiger partial charge is 3.00 e. The van der Waals surface area contributed by atoms with Crippen LogP contribution in [-0.2, 0) is 26.2 Å². The summed E-state index contributed by atoms with van der Waals surface area (Å²) in [7, 11) is 0. The molecule has 151 valence electrons. The molecule has 5 heteroatoms. The number of aryl methyl sites for hydroxylation is 4. The van der Waals surface area contributed by atoms with Gasteiger partial charge in [0.2, 0.25) is 0 Å². The van der Waals surface area contributed by atoms with Crippen LogP contribution in [0.15, 0.2) is 0 Å². The predicted molar refractivity (Wildman–Crippen MR) is 110 cm³/mol. The molecule has 2 aromatic heterocycles. The molecule has 0 aliphatic carbocycles. The van der Waals surface area contributed by atoms with Crippen molar-refractivity contribution in [2.24, 2.45) is 0 Å². The standard InChI is InChI=1S/2C8H12N.C6H13O2.Zr/c2*1-5-6(2)8(4)9-7(5)3;1-5(7)4-6(2,3)8;/h2*1-4H3;5,7-8H,2,4H2,1,3H3;/q3*-1;+3. The molecule has 0 saturated carbocycles. The van der Waals surface area contributed by atoms with E-state index in [9.17, 15) is 0 Å². The number of aromatic nitrogens is 2. The topological polar surface area (TPSA) is 68.7 Å². The van der Waals surface area contributed by atoms with Gasteiger partial charge in [-0.2, -0.15) is 22.8 Å². The number of aliphatic hydroxyl groups is 2. The van der Waals surface area contributed by atoms with Crippen LogP contribution in [0.3, 0.4) is 0 Å². The first-order valence-corrected chi connectivity index (χ1v) is 9.07. The van der Waals surface area contributed by atoms with Gasteiger partial charge >= 0.3 is 26.2 Å².